The predicted molar refractivity (Wildman–Crippen MR) is 123 cm³/mol. The minimum Gasteiger partial charge on any atom is -0.467 e. The molecular formula is C26H41NO3. The first-order valence-electron chi connectivity index (χ1n) is 11.6. The number of ether oxygens (including phenoxy) is 1. The molecule has 0 unspecified atom stereocenters. The fourth-order valence-corrected chi connectivity index (χ4v) is 4.72. The fraction of sp³-hybridized carbons (Fsp3) is 0.692. The van der Waals surface area contributed by atoms with Crippen LogP contribution in [0.4, 0.5) is 0 Å². The molecule has 1 aromatic carbocycles. The molecule has 0 heterocycles. The van der Waals surface area contributed by atoms with Crippen LogP contribution in [0.1, 0.15) is 96.3 Å². The van der Waals surface area contributed by atoms with Crippen molar-refractivity contribution < 1.29 is 14.3 Å². The van der Waals surface area contributed by atoms with Gasteiger partial charge in [-0.25, -0.2) is 4.79 Å². The second-order valence-corrected chi connectivity index (χ2v) is 9.95. The van der Waals surface area contributed by atoms with E-state index in [1.54, 1.807) is 0 Å². The highest BCUT2D eigenvalue weighted by atomic mass is 16.5. The van der Waals surface area contributed by atoms with E-state index in [1.165, 1.54) is 36.6 Å². The summed E-state index contributed by atoms with van der Waals surface area (Å²) in [4.78, 5) is 24.2. The lowest BCUT2D eigenvalue weighted by Crippen LogP contribution is -2.44. The van der Waals surface area contributed by atoms with Crippen molar-refractivity contribution in [3.8, 4) is 0 Å². The lowest BCUT2D eigenvalue weighted by Gasteiger charge is -2.42. The molecule has 0 aromatic heterocycles. The molecule has 0 spiro atoms. The lowest BCUT2D eigenvalue weighted by molar-refractivity contribution is -0.146. The Bertz CT molecular complexity index is 740. The molecule has 0 radical (unpaired) electrons. The number of unbranched alkanes of at least 4 members (excludes halogenated alkanes) is 1. The minimum atomic E-state index is -0.569. The second kappa shape index (κ2) is 10.5. The molecule has 0 bridgehead atoms. The van der Waals surface area contributed by atoms with Crippen molar-refractivity contribution in [2.75, 3.05) is 7.11 Å². The number of hydrogen-bond acceptors (Lipinski definition) is 3. The van der Waals surface area contributed by atoms with Gasteiger partial charge < -0.3 is 10.1 Å². The van der Waals surface area contributed by atoms with Crippen molar-refractivity contribution in [1.29, 1.82) is 0 Å². The Morgan fingerprint density at radius 1 is 1.20 bits per heavy atom. The van der Waals surface area contributed by atoms with Gasteiger partial charge in [-0.2, -0.15) is 0 Å². The van der Waals surface area contributed by atoms with Crippen LogP contribution in [0.3, 0.4) is 0 Å². The van der Waals surface area contributed by atoms with Gasteiger partial charge in [0.15, 0.2) is 0 Å². The first-order valence-corrected chi connectivity index (χ1v) is 11.6. The second-order valence-electron chi connectivity index (χ2n) is 9.95. The molecule has 1 N–H and O–H groups in total. The van der Waals surface area contributed by atoms with Gasteiger partial charge in [-0.3, -0.25) is 4.79 Å². The molecular weight excluding hydrogens is 374 g/mol. The van der Waals surface area contributed by atoms with Crippen LogP contribution in [-0.2, 0) is 26.2 Å². The number of nitrogens with one attached hydrogen (secondary N) is 1. The predicted octanol–water partition coefficient (Wildman–Crippen LogP) is 5.52. The van der Waals surface area contributed by atoms with Crippen LogP contribution in [0.25, 0.3) is 0 Å². The van der Waals surface area contributed by atoms with Crippen molar-refractivity contribution in [2.45, 2.75) is 97.4 Å². The van der Waals surface area contributed by atoms with Gasteiger partial charge >= 0.3 is 5.97 Å². The number of rotatable bonds is 9. The Hall–Kier alpha value is -1.84. The van der Waals surface area contributed by atoms with E-state index in [1.807, 2.05) is 13.8 Å². The van der Waals surface area contributed by atoms with Crippen molar-refractivity contribution in [3.05, 3.63) is 34.9 Å². The zero-order valence-corrected chi connectivity index (χ0v) is 20.0. The number of hydrogen-bond donors (Lipinski definition) is 1. The van der Waals surface area contributed by atoms with E-state index < -0.39 is 6.04 Å². The van der Waals surface area contributed by atoms with Crippen LogP contribution < -0.4 is 5.32 Å². The van der Waals surface area contributed by atoms with E-state index in [4.69, 9.17) is 4.74 Å². The Morgan fingerprint density at radius 2 is 1.90 bits per heavy atom. The topological polar surface area (TPSA) is 55.4 Å². The average molecular weight is 416 g/mol. The maximum absolute atomic E-state index is 12.4. The summed E-state index contributed by atoms with van der Waals surface area (Å²) in [6.07, 6.45) is 5.76. The summed E-state index contributed by atoms with van der Waals surface area (Å²) in [6.45, 7) is 13.1. The molecule has 3 atom stereocenters. The SMILES string of the molecule is COC(=O)[C@@H](NC(=O)CCCC[C@]1(C)c2ccc(C(C)C)cc2CC[C@H]1C)C(C)C. The summed E-state index contributed by atoms with van der Waals surface area (Å²) in [5, 5.41) is 2.84. The molecule has 4 heteroatoms. The minimum absolute atomic E-state index is 0.00984. The third-order valence-electron chi connectivity index (χ3n) is 7.13. The Morgan fingerprint density at radius 3 is 2.50 bits per heavy atom. The zero-order valence-electron chi connectivity index (χ0n) is 20.0. The Balaban J connectivity index is 1.96. The number of benzene rings is 1. The van der Waals surface area contributed by atoms with Gasteiger partial charge in [-0.15, -0.1) is 0 Å². The number of esters is 1. The molecule has 4 nitrogen and oxygen atoms in total. The molecule has 0 fully saturated rings. The first kappa shape index (κ1) is 24.4. The van der Waals surface area contributed by atoms with Crippen LogP contribution in [0, 0.1) is 11.8 Å². The van der Waals surface area contributed by atoms with Crippen LogP contribution in [-0.4, -0.2) is 25.0 Å². The molecule has 168 valence electrons. The maximum Gasteiger partial charge on any atom is 0.328 e. The largest absolute Gasteiger partial charge is 0.467 e. The summed E-state index contributed by atoms with van der Waals surface area (Å²) >= 11 is 0. The van der Waals surface area contributed by atoms with E-state index in [-0.39, 0.29) is 23.2 Å². The molecule has 0 saturated heterocycles. The van der Waals surface area contributed by atoms with Gasteiger partial charge in [0.05, 0.1) is 7.11 Å². The van der Waals surface area contributed by atoms with Gasteiger partial charge in [0.25, 0.3) is 0 Å². The van der Waals surface area contributed by atoms with Gasteiger partial charge in [0.1, 0.15) is 6.04 Å². The normalized spacial score (nSPS) is 22.0. The molecule has 1 aromatic rings. The highest BCUT2D eigenvalue weighted by Gasteiger charge is 2.37. The molecule has 0 aliphatic heterocycles. The fourth-order valence-electron chi connectivity index (χ4n) is 4.72. The van der Waals surface area contributed by atoms with Crippen molar-refractivity contribution >= 4 is 11.9 Å². The third-order valence-corrected chi connectivity index (χ3v) is 7.13. The summed E-state index contributed by atoms with van der Waals surface area (Å²) in [7, 11) is 1.36. The summed E-state index contributed by atoms with van der Waals surface area (Å²) < 4.78 is 4.81. The van der Waals surface area contributed by atoms with E-state index in [0.717, 1.165) is 19.3 Å². The highest BCUT2D eigenvalue weighted by Crippen LogP contribution is 2.45. The first-order chi connectivity index (χ1) is 14.1. The monoisotopic (exact) mass is 415 g/mol. The number of aryl methyl sites for hydroxylation is 1. The lowest BCUT2D eigenvalue weighted by atomic mass is 9.62. The smallest absolute Gasteiger partial charge is 0.328 e. The summed E-state index contributed by atoms with van der Waals surface area (Å²) in [6, 6.07) is 6.50. The average Bonchev–Trinajstić information content (AvgIpc) is 2.71. The van der Waals surface area contributed by atoms with Gasteiger partial charge in [-0.1, -0.05) is 66.2 Å². The molecule has 1 amide bonds. The third kappa shape index (κ3) is 5.65. The van der Waals surface area contributed by atoms with E-state index >= 15 is 0 Å². The maximum atomic E-state index is 12.4. The zero-order chi connectivity index (χ0) is 22.5. The van der Waals surface area contributed by atoms with E-state index in [9.17, 15) is 9.59 Å². The number of carbonyl (C=O) groups excluding carboxylic acids is 2. The summed E-state index contributed by atoms with van der Waals surface area (Å²) in [5.41, 5.74) is 4.59. The van der Waals surface area contributed by atoms with Crippen molar-refractivity contribution in [1.82, 2.24) is 5.32 Å². The van der Waals surface area contributed by atoms with Crippen molar-refractivity contribution in [3.63, 3.8) is 0 Å². The highest BCUT2D eigenvalue weighted by molar-refractivity contribution is 5.84. The number of carbonyl (C=O) groups is 2. The Kier molecular flexibility index (Phi) is 8.52. The summed E-state index contributed by atoms with van der Waals surface area (Å²) in [5.74, 6) is 0.755. The quantitative estimate of drug-likeness (QED) is 0.426. The number of methoxy groups -OCH3 is 1. The van der Waals surface area contributed by atoms with Gasteiger partial charge in [0.2, 0.25) is 5.91 Å². The molecule has 1 aliphatic carbocycles. The van der Waals surface area contributed by atoms with E-state index in [2.05, 4.69) is 51.2 Å². The van der Waals surface area contributed by atoms with Gasteiger partial charge in [-0.05, 0) is 65.5 Å². The Labute approximate surface area is 183 Å². The van der Waals surface area contributed by atoms with Crippen LogP contribution >= 0.6 is 0 Å². The van der Waals surface area contributed by atoms with E-state index in [0.29, 0.717) is 18.3 Å². The number of fused-ring (bicyclic) bond motifs is 1. The van der Waals surface area contributed by atoms with Crippen molar-refractivity contribution in [2.24, 2.45) is 11.8 Å². The number of amides is 1. The molecule has 30 heavy (non-hydrogen) atoms. The van der Waals surface area contributed by atoms with Gasteiger partial charge in [0, 0.05) is 6.42 Å². The van der Waals surface area contributed by atoms with Crippen LogP contribution in [0.15, 0.2) is 18.2 Å². The molecule has 0 saturated carbocycles. The van der Waals surface area contributed by atoms with Crippen LogP contribution in [0.2, 0.25) is 0 Å². The molecule has 1 aliphatic rings. The molecule has 2 rings (SSSR count). The standard InChI is InChI=1S/C26H41NO3/c1-17(2)20-13-14-22-21(16-20)12-11-19(5)26(22,6)15-9-8-10-23(28)27-24(18(3)4)25(29)30-7/h13-14,16-19,24H,8-12,15H2,1-7H3,(H,27,28)/t19-,24+,26+/m1/s1. The van der Waals surface area contributed by atoms with Crippen LogP contribution in [0.5, 0.6) is 0 Å².